The number of amides is 1. The van der Waals surface area contributed by atoms with E-state index in [1.807, 2.05) is 18.2 Å². The summed E-state index contributed by atoms with van der Waals surface area (Å²) in [5.41, 5.74) is -0.281. The zero-order valence-electron chi connectivity index (χ0n) is 15.1. The number of benzene rings is 1. The molecule has 1 N–H and O–H groups in total. The summed E-state index contributed by atoms with van der Waals surface area (Å²) in [7, 11) is 2.83. The Morgan fingerprint density at radius 3 is 2.33 bits per heavy atom. The van der Waals surface area contributed by atoms with E-state index in [9.17, 15) is 9.59 Å². The fourth-order valence-corrected chi connectivity index (χ4v) is 2.52. The number of carbonyl (C=O) groups is 2. The van der Waals surface area contributed by atoms with Gasteiger partial charge in [0.2, 0.25) is 0 Å². The first-order valence-corrected chi connectivity index (χ1v) is 8.47. The first-order chi connectivity index (χ1) is 11.5. The van der Waals surface area contributed by atoms with Gasteiger partial charge in [0.05, 0.1) is 7.11 Å². The van der Waals surface area contributed by atoms with Crippen molar-refractivity contribution in [3.05, 3.63) is 35.9 Å². The minimum atomic E-state index is -0.963. The summed E-state index contributed by atoms with van der Waals surface area (Å²) in [6.07, 6.45) is 4.84. The molecule has 0 radical (unpaired) electrons. The number of hydrogen-bond acceptors (Lipinski definition) is 4. The molecule has 0 fully saturated rings. The smallest absolute Gasteiger partial charge is 0.333 e. The highest BCUT2D eigenvalue weighted by Crippen LogP contribution is 2.22. The molecule has 0 aromatic heterocycles. The molecule has 0 heterocycles. The molecule has 134 valence electrons. The van der Waals surface area contributed by atoms with Crippen LogP contribution in [0.25, 0.3) is 0 Å². The predicted octanol–water partition coefficient (Wildman–Crippen LogP) is 3.39. The molecule has 0 bridgehead atoms. The molecule has 0 aliphatic rings. The van der Waals surface area contributed by atoms with Gasteiger partial charge in [-0.25, -0.2) is 4.79 Å². The van der Waals surface area contributed by atoms with Gasteiger partial charge in [-0.2, -0.15) is 0 Å². The fraction of sp³-hybridized carbons (Fsp3) is 0.579. The van der Waals surface area contributed by atoms with E-state index in [0.717, 1.165) is 25.7 Å². The number of unbranched alkanes of at least 4 members (excludes halogenated alkanes) is 3. The molecule has 1 rings (SSSR count). The highest BCUT2D eigenvalue weighted by atomic mass is 16.5. The van der Waals surface area contributed by atoms with Crippen molar-refractivity contribution in [1.82, 2.24) is 5.32 Å². The van der Waals surface area contributed by atoms with Crippen LogP contribution in [0.15, 0.2) is 30.3 Å². The van der Waals surface area contributed by atoms with E-state index < -0.39 is 17.6 Å². The van der Waals surface area contributed by atoms with Gasteiger partial charge in [0.1, 0.15) is 5.60 Å². The highest BCUT2D eigenvalue weighted by molar-refractivity contribution is 5.90. The second kappa shape index (κ2) is 10.1. The normalized spacial score (nSPS) is 14.5. The van der Waals surface area contributed by atoms with Crippen molar-refractivity contribution in [3.63, 3.8) is 0 Å². The fourth-order valence-electron chi connectivity index (χ4n) is 2.52. The maximum atomic E-state index is 12.7. The van der Waals surface area contributed by atoms with Gasteiger partial charge < -0.3 is 14.8 Å². The van der Waals surface area contributed by atoms with Crippen molar-refractivity contribution in [2.75, 3.05) is 14.2 Å². The van der Waals surface area contributed by atoms with Crippen LogP contribution in [0.3, 0.4) is 0 Å². The molecule has 0 saturated heterocycles. The largest absolute Gasteiger partial charge is 0.467 e. The van der Waals surface area contributed by atoms with Gasteiger partial charge in [0.15, 0.2) is 6.04 Å². The van der Waals surface area contributed by atoms with Gasteiger partial charge in [-0.15, -0.1) is 0 Å². The summed E-state index contributed by atoms with van der Waals surface area (Å²) < 4.78 is 10.3. The molecule has 0 unspecified atom stereocenters. The molecule has 1 amide bonds. The highest BCUT2D eigenvalue weighted by Gasteiger charge is 2.36. The monoisotopic (exact) mass is 335 g/mol. The lowest BCUT2D eigenvalue weighted by Gasteiger charge is -2.29. The standard InChI is InChI=1S/C19H29NO4/c1-5-6-7-11-14-19(2,24-4)18(22)20-16(17(21)23-3)15-12-9-8-10-13-15/h8-10,12-13,16H,5-7,11,14H2,1-4H3,(H,20,22)/t16-,19-/m0/s1. The first kappa shape index (κ1) is 20.2. The number of nitrogens with one attached hydrogen (secondary N) is 1. The second-order valence-electron chi connectivity index (χ2n) is 6.09. The lowest BCUT2D eigenvalue weighted by atomic mass is 9.95. The third-order valence-corrected chi connectivity index (χ3v) is 4.28. The lowest BCUT2D eigenvalue weighted by molar-refractivity contribution is -0.151. The van der Waals surface area contributed by atoms with Crippen molar-refractivity contribution in [3.8, 4) is 0 Å². The van der Waals surface area contributed by atoms with Crippen LogP contribution < -0.4 is 5.32 Å². The van der Waals surface area contributed by atoms with Crippen LogP contribution in [0, 0.1) is 0 Å². The van der Waals surface area contributed by atoms with Gasteiger partial charge in [-0.3, -0.25) is 4.79 Å². The van der Waals surface area contributed by atoms with Crippen LogP contribution in [-0.4, -0.2) is 31.7 Å². The Labute approximate surface area is 144 Å². The zero-order valence-corrected chi connectivity index (χ0v) is 15.1. The van der Waals surface area contributed by atoms with E-state index in [1.54, 1.807) is 19.1 Å². The van der Waals surface area contributed by atoms with Gasteiger partial charge in [-0.1, -0.05) is 62.9 Å². The average molecular weight is 335 g/mol. The first-order valence-electron chi connectivity index (χ1n) is 8.47. The number of ether oxygens (including phenoxy) is 2. The second-order valence-corrected chi connectivity index (χ2v) is 6.09. The quantitative estimate of drug-likeness (QED) is 0.526. The molecule has 24 heavy (non-hydrogen) atoms. The summed E-state index contributed by atoms with van der Waals surface area (Å²) in [5.74, 6) is -0.806. The van der Waals surface area contributed by atoms with Crippen molar-refractivity contribution in [2.45, 2.75) is 57.6 Å². The molecule has 1 aromatic carbocycles. The Morgan fingerprint density at radius 1 is 1.12 bits per heavy atom. The Kier molecular flexibility index (Phi) is 8.47. The number of hydrogen-bond donors (Lipinski definition) is 1. The molecule has 0 aliphatic heterocycles. The van der Waals surface area contributed by atoms with Crippen molar-refractivity contribution >= 4 is 11.9 Å². The molecule has 1 aromatic rings. The maximum absolute atomic E-state index is 12.7. The van der Waals surface area contributed by atoms with E-state index in [4.69, 9.17) is 9.47 Å². The number of esters is 1. The van der Waals surface area contributed by atoms with Crippen molar-refractivity contribution in [2.24, 2.45) is 0 Å². The number of rotatable bonds is 10. The van der Waals surface area contributed by atoms with Crippen LogP contribution in [0.5, 0.6) is 0 Å². The third-order valence-electron chi connectivity index (χ3n) is 4.28. The van der Waals surface area contributed by atoms with Crippen LogP contribution in [0.4, 0.5) is 0 Å². The van der Waals surface area contributed by atoms with Gasteiger partial charge in [0, 0.05) is 7.11 Å². The van der Waals surface area contributed by atoms with Crippen LogP contribution >= 0.6 is 0 Å². The van der Waals surface area contributed by atoms with E-state index in [0.29, 0.717) is 12.0 Å². The molecular formula is C19H29NO4. The van der Waals surface area contributed by atoms with Crippen molar-refractivity contribution < 1.29 is 19.1 Å². The number of carbonyl (C=O) groups excluding carboxylic acids is 2. The summed E-state index contributed by atoms with van der Waals surface area (Å²) in [6, 6.07) is 8.22. The Balaban J connectivity index is 2.83. The predicted molar refractivity (Wildman–Crippen MR) is 93.5 cm³/mol. The van der Waals surface area contributed by atoms with Crippen LogP contribution in [-0.2, 0) is 19.1 Å². The van der Waals surface area contributed by atoms with Gasteiger partial charge in [0.25, 0.3) is 5.91 Å². The Hall–Kier alpha value is -1.88. The minimum absolute atomic E-state index is 0.305. The SMILES string of the molecule is CCCCCC[C@](C)(OC)C(=O)N[C@H](C(=O)OC)c1ccccc1. The van der Waals surface area contributed by atoms with E-state index in [-0.39, 0.29) is 5.91 Å². The van der Waals surface area contributed by atoms with E-state index in [1.165, 1.54) is 14.2 Å². The summed E-state index contributed by atoms with van der Waals surface area (Å²) in [5, 5.41) is 2.78. The Morgan fingerprint density at radius 2 is 1.79 bits per heavy atom. The van der Waals surface area contributed by atoms with Gasteiger partial charge >= 0.3 is 5.97 Å². The lowest BCUT2D eigenvalue weighted by Crippen LogP contribution is -2.48. The zero-order chi connectivity index (χ0) is 18.0. The Bertz CT molecular complexity index is 517. The minimum Gasteiger partial charge on any atom is -0.467 e. The molecule has 0 saturated carbocycles. The average Bonchev–Trinajstić information content (AvgIpc) is 2.62. The molecule has 5 nitrogen and oxygen atoms in total. The maximum Gasteiger partial charge on any atom is 0.333 e. The third kappa shape index (κ3) is 5.64. The summed E-state index contributed by atoms with van der Waals surface area (Å²) >= 11 is 0. The van der Waals surface area contributed by atoms with E-state index >= 15 is 0 Å². The van der Waals surface area contributed by atoms with Crippen LogP contribution in [0.1, 0.15) is 57.6 Å². The summed E-state index contributed by atoms with van der Waals surface area (Å²) in [4.78, 5) is 24.8. The molecule has 0 aliphatic carbocycles. The summed E-state index contributed by atoms with van der Waals surface area (Å²) in [6.45, 7) is 3.90. The molecular weight excluding hydrogens is 306 g/mol. The van der Waals surface area contributed by atoms with Gasteiger partial charge in [-0.05, 0) is 18.9 Å². The van der Waals surface area contributed by atoms with E-state index in [2.05, 4.69) is 12.2 Å². The molecule has 5 heteroatoms. The molecule has 2 atom stereocenters. The topological polar surface area (TPSA) is 64.6 Å². The van der Waals surface area contributed by atoms with Crippen molar-refractivity contribution in [1.29, 1.82) is 0 Å². The number of methoxy groups -OCH3 is 2. The van der Waals surface area contributed by atoms with Crippen LogP contribution in [0.2, 0.25) is 0 Å². The molecule has 0 spiro atoms.